The van der Waals surface area contributed by atoms with Crippen LogP contribution in [-0.2, 0) is 16.6 Å². The van der Waals surface area contributed by atoms with Gasteiger partial charge in [-0.25, -0.2) is 18.1 Å². The van der Waals surface area contributed by atoms with Gasteiger partial charge in [0.05, 0.1) is 0 Å². The minimum atomic E-state index is -3.46. The summed E-state index contributed by atoms with van der Waals surface area (Å²) in [7, 11) is -3.46. The smallest absolute Gasteiger partial charge is 0.259 e. The van der Waals surface area contributed by atoms with Crippen LogP contribution in [0.1, 0.15) is 12.7 Å². The van der Waals surface area contributed by atoms with E-state index in [1.54, 1.807) is 6.20 Å². The molecule has 2 fully saturated rings. The fourth-order valence-corrected chi connectivity index (χ4v) is 4.11. The second-order valence-corrected chi connectivity index (χ2v) is 6.71. The lowest BCUT2D eigenvalue weighted by Crippen LogP contribution is -2.32. The molecule has 0 aromatic carbocycles. The van der Waals surface area contributed by atoms with Gasteiger partial charge in [0.15, 0.2) is 5.03 Å². The van der Waals surface area contributed by atoms with Gasteiger partial charge < -0.3 is 9.88 Å². The monoisotopic (exact) mass is 306 g/mol. The van der Waals surface area contributed by atoms with Gasteiger partial charge in [-0.05, 0) is 38.8 Å². The number of nitrogens with zero attached hydrogens (tertiary/aromatic N) is 2. The van der Waals surface area contributed by atoms with Crippen LogP contribution in [0.5, 0.6) is 0 Å². The Bertz CT molecular complexity index is 561. The van der Waals surface area contributed by atoms with Crippen molar-refractivity contribution in [2.75, 3.05) is 13.1 Å². The first-order valence-corrected chi connectivity index (χ1v) is 7.78. The first-order valence-electron chi connectivity index (χ1n) is 6.29. The maximum absolute atomic E-state index is 12.2. The standard InChI is InChI=1S/C11H18N4O2S.ClH/c1-3-15-6-10(13-7(15)2)18(16,17)14-11-8-4-12-5-9(8)11;/h6,8-9,11-12,14H,3-5H2,1-2H3;1H. The molecule has 0 spiro atoms. The molecule has 6 nitrogen and oxygen atoms in total. The van der Waals surface area contributed by atoms with Crippen LogP contribution in [0.4, 0.5) is 0 Å². The molecule has 2 aliphatic rings. The summed E-state index contributed by atoms with van der Waals surface area (Å²) in [6.45, 7) is 6.35. The van der Waals surface area contributed by atoms with E-state index in [4.69, 9.17) is 0 Å². The van der Waals surface area contributed by atoms with Gasteiger partial charge in [-0.15, -0.1) is 12.4 Å². The number of imidazole rings is 1. The number of rotatable bonds is 4. The Morgan fingerprint density at radius 3 is 2.63 bits per heavy atom. The second-order valence-electron chi connectivity index (χ2n) is 5.05. The van der Waals surface area contributed by atoms with E-state index < -0.39 is 10.0 Å². The molecular formula is C11H19ClN4O2S. The van der Waals surface area contributed by atoms with E-state index in [2.05, 4.69) is 15.0 Å². The molecule has 2 unspecified atom stereocenters. The number of aromatic nitrogens is 2. The van der Waals surface area contributed by atoms with Crippen LogP contribution in [0, 0.1) is 18.8 Å². The third kappa shape index (κ3) is 2.52. The number of fused-ring (bicyclic) bond motifs is 1. The van der Waals surface area contributed by atoms with Crippen LogP contribution in [-0.4, -0.2) is 37.1 Å². The first kappa shape index (κ1) is 14.8. The Morgan fingerprint density at radius 2 is 2.11 bits per heavy atom. The number of halogens is 1. The maximum atomic E-state index is 12.2. The summed E-state index contributed by atoms with van der Waals surface area (Å²) in [5, 5.41) is 3.38. The number of nitrogens with one attached hydrogen (secondary N) is 2. The zero-order valence-electron chi connectivity index (χ0n) is 11.0. The average Bonchev–Trinajstić information content (AvgIpc) is 2.75. The van der Waals surface area contributed by atoms with Crippen LogP contribution in [0.2, 0.25) is 0 Å². The van der Waals surface area contributed by atoms with Gasteiger partial charge in [0.2, 0.25) is 0 Å². The van der Waals surface area contributed by atoms with Gasteiger partial charge in [-0.1, -0.05) is 0 Å². The largest absolute Gasteiger partial charge is 0.334 e. The van der Waals surface area contributed by atoms with Gasteiger partial charge in [-0.3, -0.25) is 0 Å². The van der Waals surface area contributed by atoms with E-state index in [1.165, 1.54) is 0 Å². The summed E-state index contributed by atoms with van der Waals surface area (Å²) < 4.78 is 29.0. The molecule has 1 saturated carbocycles. The molecule has 2 heterocycles. The van der Waals surface area contributed by atoms with Crippen LogP contribution in [0.3, 0.4) is 0 Å². The lowest BCUT2D eigenvalue weighted by Gasteiger charge is -2.06. The lowest BCUT2D eigenvalue weighted by molar-refractivity contribution is 0.562. The predicted octanol–water partition coefficient (Wildman–Crippen LogP) is 0.129. The predicted molar refractivity (Wildman–Crippen MR) is 73.8 cm³/mol. The summed E-state index contributed by atoms with van der Waals surface area (Å²) in [6, 6.07) is 0.100. The van der Waals surface area contributed by atoms with Crippen molar-refractivity contribution in [2.45, 2.75) is 31.5 Å². The van der Waals surface area contributed by atoms with E-state index in [1.807, 2.05) is 18.4 Å². The normalized spacial score (nSPS) is 28.8. The molecule has 2 atom stereocenters. The summed E-state index contributed by atoms with van der Waals surface area (Å²) in [5.41, 5.74) is 0. The van der Waals surface area contributed by atoms with Crippen molar-refractivity contribution in [2.24, 2.45) is 11.8 Å². The molecule has 1 aliphatic carbocycles. The fourth-order valence-electron chi connectivity index (χ4n) is 2.76. The fraction of sp³-hybridized carbons (Fsp3) is 0.727. The summed E-state index contributed by atoms with van der Waals surface area (Å²) in [5.74, 6) is 1.67. The second kappa shape index (κ2) is 5.05. The first-order chi connectivity index (χ1) is 8.53. The number of sulfonamides is 1. The zero-order chi connectivity index (χ0) is 12.9. The number of hydrogen-bond acceptors (Lipinski definition) is 4. The molecule has 8 heteroatoms. The van der Waals surface area contributed by atoms with Crippen molar-refractivity contribution in [3.63, 3.8) is 0 Å². The Kier molecular flexibility index (Phi) is 3.92. The highest BCUT2D eigenvalue weighted by Gasteiger charge is 2.54. The Labute approximate surface area is 119 Å². The molecular weight excluding hydrogens is 288 g/mol. The SMILES string of the molecule is CCn1cc(S(=O)(=O)NC2C3CNCC32)nc1C.Cl. The van der Waals surface area contributed by atoms with Crippen LogP contribution in [0.15, 0.2) is 11.2 Å². The third-order valence-electron chi connectivity index (χ3n) is 3.95. The maximum Gasteiger partial charge on any atom is 0.259 e. The van der Waals surface area contributed by atoms with E-state index >= 15 is 0 Å². The van der Waals surface area contributed by atoms with E-state index in [0.717, 1.165) is 25.5 Å². The number of aryl methyl sites for hydroxylation is 2. The Balaban J connectivity index is 0.00000133. The molecule has 0 amide bonds. The van der Waals surface area contributed by atoms with Crippen LogP contribution >= 0.6 is 12.4 Å². The molecule has 2 N–H and O–H groups in total. The highest BCUT2D eigenvalue weighted by Crippen LogP contribution is 2.42. The van der Waals surface area contributed by atoms with Gasteiger partial charge in [-0.2, -0.15) is 0 Å². The molecule has 0 radical (unpaired) electrons. The highest BCUT2D eigenvalue weighted by atomic mass is 35.5. The molecule has 0 bridgehead atoms. The average molecular weight is 307 g/mol. The highest BCUT2D eigenvalue weighted by molar-refractivity contribution is 7.89. The minimum absolute atomic E-state index is 0. The summed E-state index contributed by atoms with van der Waals surface area (Å²) >= 11 is 0. The molecule has 1 aromatic heterocycles. The van der Waals surface area contributed by atoms with Crippen LogP contribution in [0.25, 0.3) is 0 Å². The topological polar surface area (TPSA) is 76.0 Å². The van der Waals surface area contributed by atoms with Crippen LogP contribution < -0.4 is 10.0 Å². The Hall–Kier alpha value is -0.630. The van der Waals surface area contributed by atoms with E-state index in [0.29, 0.717) is 11.8 Å². The number of piperidine rings is 1. The van der Waals surface area contributed by atoms with Gasteiger partial charge in [0.1, 0.15) is 5.82 Å². The van der Waals surface area contributed by atoms with E-state index in [-0.39, 0.29) is 23.5 Å². The van der Waals surface area contributed by atoms with Crippen molar-refractivity contribution in [3.8, 4) is 0 Å². The molecule has 19 heavy (non-hydrogen) atoms. The zero-order valence-corrected chi connectivity index (χ0v) is 12.6. The van der Waals surface area contributed by atoms with Crippen molar-refractivity contribution >= 4 is 22.4 Å². The van der Waals surface area contributed by atoms with Crippen molar-refractivity contribution < 1.29 is 8.42 Å². The minimum Gasteiger partial charge on any atom is -0.334 e. The van der Waals surface area contributed by atoms with Crippen molar-refractivity contribution in [1.29, 1.82) is 0 Å². The summed E-state index contributed by atoms with van der Waals surface area (Å²) in [4.78, 5) is 4.12. The molecule has 1 aliphatic heterocycles. The molecule has 1 aromatic rings. The quantitative estimate of drug-likeness (QED) is 0.829. The summed E-state index contributed by atoms with van der Waals surface area (Å²) in [6.07, 6.45) is 1.61. The molecule has 108 valence electrons. The Morgan fingerprint density at radius 1 is 1.47 bits per heavy atom. The lowest BCUT2D eigenvalue weighted by atomic mass is 10.4. The molecule has 3 rings (SSSR count). The van der Waals surface area contributed by atoms with Gasteiger partial charge in [0.25, 0.3) is 10.0 Å². The van der Waals surface area contributed by atoms with Gasteiger partial charge in [0, 0.05) is 18.8 Å². The molecule has 1 saturated heterocycles. The van der Waals surface area contributed by atoms with Crippen molar-refractivity contribution in [1.82, 2.24) is 19.6 Å². The van der Waals surface area contributed by atoms with Gasteiger partial charge >= 0.3 is 0 Å². The van der Waals surface area contributed by atoms with Crippen molar-refractivity contribution in [3.05, 3.63) is 12.0 Å². The van der Waals surface area contributed by atoms with E-state index in [9.17, 15) is 8.42 Å². The number of hydrogen-bond donors (Lipinski definition) is 2. The third-order valence-corrected chi connectivity index (χ3v) is 5.28.